The number of aliphatic imine (C=N–C) groups is 2. The monoisotopic (exact) mass is 488 g/mol. The molecule has 1 aromatic rings. The fourth-order valence-corrected chi connectivity index (χ4v) is 5.32. The smallest absolute Gasteiger partial charge is 0.406 e. The number of rotatable bonds is 4. The summed E-state index contributed by atoms with van der Waals surface area (Å²) in [5.41, 5.74) is 11.7. The van der Waals surface area contributed by atoms with Crippen LogP contribution in [0.3, 0.4) is 0 Å². The van der Waals surface area contributed by atoms with Gasteiger partial charge in [-0.05, 0) is 24.5 Å². The Morgan fingerprint density at radius 2 is 2.14 bits per heavy atom. The Hall–Kier alpha value is -3.78. The van der Waals surface area contributed by atoms with Gasteiger partial charge in [-0.15, -0.1) is 0 Å². The van der Waals surface area contributed by atoms with Crippen LogP contribution in [0.4, 0.5) is 4.79 Å². The number of benzene rings is 1. The number of aliphatic hydroxyl groups is 2. The van der Waals surface area contributed by atoms with Crippen molar-refractivity contribution in [2.24, 2.45) is 21.5 Å². The van der Waals surface area contributed by atoms with Crippen molar-refractivity contribution in [3.63, 3.8) is 0 Å². The largest absolute Gasteiger partial charge is 0.492 e. The molecule has 1 fully saturated rings. The first-order chi connectivity index (χ1) is 16.7. The first kappa shape index (κ1) is 23.0. The summed E-state index contributed by atoms with van der Waals surface area (Å²) in [5.74, 6) is -2.71. The van der Waals surface area contributed by atoms with Gasteiger partial charge in [-0.25, -0.2) is 14.8 Å². The van der Waals surface area contributed by atoms with Crippen molar-refractivity contribution in [2.75, 3.05) is 26.8 Å². The highest BCUT2D eigenvalue weighted by molar-refractivity contribution is 5.98. The van der Waals surface area contributed by atoms with Gasteiger partial charge in [0.2, 0.25) is 5.79 Å². The van der Waals surface area contributed by atoms with E-state index in [2.05, 4.69) is 30.7 Å². The van der Waals surface area contributed by atoms with E-state index < -0.39 is 41.6 Å². The van der Waals surface area contributed by atoms with Gasteiger partial charge in [-0.2, -0.15) is 0 Å². The fraction of sp³-hybridized carbons (Fsp3) is 0.524. The highest BCUT2D eigenvalue weighted by atomic mass is 16.5. The van der Waals surface area contributed by atoms with Crippen molar-refractivity contribution >= 4 is 23.9 Å². The van der Waals surface area contributed by atoms with E-state index in [0.717, 1.165) is 18.4 Å². The number of alkyl carbamates (subject to hydrolysis) is 1. The zero-order valence-electron chi connectivity index (χ0n) is 19.0. The van der Waals surface area contributed by atoms with E-state index in [9.17, 15) is 19.8 Å². The van der Waals surface area contributed by atoms with Crippen LogP contribution in [0.1, 0.15) is 22.3 Å². The van der Waals surface area contributed by atoms with Crippen molar-refractivity contribution in [3.05, 3.63) is 29.3 Å². The number of carbonyl (C=O) groups excluding carboxylic acids is 2. The van der Waals surface area contributed by atoms with Crippen molar-refractivity contribution in [1.29, 1.82) is 0 Å². The molecule has 1 saturated heterocycles. The Balaban J connectivity index is 1.44. The minimum absolute atomic E-state index is 0.0278. The number of aryl methyl sites for hydroxylation is 1. The van der Waals surface area contributed by atoms with Crippen LogP contribution in [-0.4, -0.2) is 95.4 Å². The topological polar surface area (TPSA) is 209 Å². The Morgan fingerprint density at radius 3 is 2.91 bits per heavy atom. The maximum absolute atomic E-state index is 13.2. The molecule has 0 saturated carbocycles. The van der Waals surface area contributed by atoms with E-state index in [4.69, 9.17) is 16.2 Å². The molecule has 4 aliphatic rings. The SMILES string of the molecule is COC(=O)NC[C@@H]1N=C(N)N2C[C@H](NC(=O)c3cccc4c3OCCC4)C(O)(O)[C@@]23NC(N)=N[C@@H]13. The number of carbonyl (C=O) groups is 2. The van der Waals surface area contributed by atoms with Crippen LogP contribution < -0.4 is 32.2 Å². The van der Waals surface area contributed by atoms with Gasteiger partial charge in [0.1, 0.15) is 17.8 Å². The molecule has 1 aromatic carbocycles. The first-order valence-corrected chi connectivity index (χ1v) is 11.2. The molecule has 2 amide bonds. The fourth-order valence-electron chi connectivity index (χ4n) is 5.32. The summed E-state index contributed by atoms with van der Waals surface area (Å²) in [6.07, 6.45) is 0.951. The second kappa shape index (κ2) is 8.16. The van der Waals surface area contributed by atoms with E-state index in [1.165, 1.54) is 12.0 Å². The van der Waals surface area contributed by atoms with Gasteiger partial charge < -0.3 is 52.0 Å². The van der Waals surface area contributed by atoms with E-state index in [1.54, 1.807) is 12.1 Å². The van der Waals surface area contributed by atoms with Crippen molar-refractivity contribution < 1.29 is 29.3 Å². The Kier molecular flexibility index (Phi) is 5.36. The van der Waals surface area contributed by atoms with E-state index in [0.29, 0.717) is 17.9 Å². The first-order valence-electron chi connectivity index (χ1n) is 11.2. The van der Waals surface area contributed by atoms with E-state index >= 15 is 0 Å². The average molecular weight is 489 g/mol. The third-order valence-corrected chi connectivity index (χ3v) is 6.93. The molecule has 14 nitrogen and oxygen atoms in total. The number of nitrogens with zero attached hydrogens (tertiary/aromatic N) is 3. The number of nitrogens with one attached hydrogen (secondary N) is 3. The molecular weight excluding hydrogens is 460 g/mol. The van der Waals surface area contributed by atoms with Crippen LogP contribution >= 0.6 is 0 Å². The normalized spacial score (nSPS) is 29.9. The van der Waals surface area contributed by atoms with Gasteiger partial charge in [0.25, 0.3) is 5.91 Å². The van der Waals surface area contributed by atoms with Gasteiger partial charge in [-0.1, -0.05) is 12.1 Å². The number of para-hydroxylation sites is 1. The average Bonchev–Trinajstić information content (AvgIpc) is 3.31. The highest BCUT2D eigenvalue weighted by Gasteiger charge is 2.73. The summed E-state index contributed by atoms with van der Waals surface area (Å²) in [6, 6.07) is 2.34. The molecule has 35 heavy (non-hydrogen) atoms. The molecule has 0 unspecified atom stereocenters. The molecular formula is C21H28N8O6. The standard InChI is InChI=1S/C21H28N8O6/c1-34-19(31)24-8-12-15-20(28-17(22)27-15)21(32,33)13(9-29(20)18(23)25-12)26-16(30)11-6-2-4-10-5-3-7-35-14(10)11/h2,4,6,12-13,15,32-33H,3,5,7-9H2,1H3,(H2,23,25)(H,24,31)(H,26,30)(H3,22,27,28)/t12-,13-,15-,20-/m0/s1. The minimum atomic E-state index is -2.59. The second-order valence-electron chi connectivity index (χ2n) is 8.89. The molecule has 0 radical (unpaired) electrons. The van der Waals surface area contributed by atoms with Crippen molar-refractivity contribution in [1.82, 2.24) is 20.9 Å². The molecule has 1 spiro atoms. The summed E-state index contributed by atoms with van der Waals surface area (Å²) in [7, 11) is 1.22. The number of guanidine groups is 2. The zero-order chi connectivity index (χ0) is 25.0. The lowest BCUT2D eigenvalue weighted by molar-refractivity contribution is -0.230. The quantitative estimate of drug-likeness (QED) is 0.216. The highest BCUT2D eigenvalue weighted by Crippen LogP contribution is 2.44. The van der Waals surface area contributed by atoms with Gasteiger partial charge >= 0.3 is 6.09 Å². The van der Waals surface area contributed by atoms with Crippen LogP contribution in [0, 0.1) is 0 Å². The maximum atomic E-state index is 13.2. The summed E-state index contributed by atoms with van der Waals surface area (Å²) in [6.45, 7) is 0.359. The molecule has 14 heteroatoms. The third kappa shape index (κ3) is 3.39. The summed E-state index contributed by atoms with van der Waals surface area (Å²) >= 11 is 0. The van der Waals surface area contributed by atoms with Crippen molar-refractivity contribution in [3.8, 4) is 5.75 Å². The molecule has 0 aromatic heterocycles. The maximum Gasteiger partial charge on any atom is 0.406 e. The number of nitrogens with two attached hydrogens (primary N) is 2. The third-order valence-electron chi connectivity index (χ3n) is 6.93. The van der Waals surface area contributed by atoms with E-state index in [1.807, 2.05) is 6.07 Å². The van der Waals surface area contributed by atoms with Crippen LogP contribution in [0.25, 0.3) is 0 Å². The van der Waals surface area contributed by atoms with Crippen molar-refractivity contribution in [2.45, 2.75) is 42.4 Å². The van der Waals surface area contributed by atoms with E-state index in [-0.39, 0.29) is 25.0 Å². The number of hydrogen-bond acceptors (Lipinski definition) is 12. The minimum Gasteiger partial charge on any atom is -0.492 e. The zero-order valence-corrected chi connectivity index (χ0v) is 19.0. The molecule has 4 aliphatic heterocycles. The number of hydrogen-bond donors (Lipinski definition) is 7. The van der Waals surface area contributed by atoms with Gasteiger partial charge in [0.15, 0.2) is 17.6 Å². The molecule has 0 bridgehead atoms. The molecule has 0 aliphatic carbocycles. The molecule has 4 atom stereocenters. The predicted octanol–water partition coefficient (Wildman–Crippen LogP) is -2.86. The van der Waals surface area contributed by atoms with Crippen LogP contribution in [0.2, 0.25) is 0 Å². The Morgan fingerprint density at radius 1 is 1.34 bits per heavy atom. The summed E-state index contributed by atoms with van der Waals surface area (Å²) in [4.78, 5) is 35.0. The number of methoxy groups -OCH3 is 1. The van der Waals surface area contributed by atoms with Crippen LogP contribution in [-0.2, 0) is 11.2 Å². The number of ether oxygens (including phenoxy) is 2. The lowest BCUT2D eigenvalue weighted by atomic mass is 9.85. The van der Waals surface area contributed by atoms with Gasteiger partial charge in [0.05, 0.1) is 25.3 Å². The lowest BCUT2D eigenvalue weighted by Crippen LogP contribution is -2.78. The lowest BCUT2D eigenvalue weighted by Gasteiger charge is -2.48. The molecule has 9 N–H and O–H groups in total. The molecule has 188 valence electrons. The number of fused-ring (bicyclic) bond motifs is 1. The Bertz CT molecular complexity index is 1120. The van der Waals surface area contributed by atoms with Gasteiger partial charge in [-0.3, -0.25) is 4.79 Å². The van der Waals surface area contributed by atoms with Crippen LogP contribution in [0.15, 0.2) is 28.2 Å². The molecule has 4 heterocycles. The molecule has 5 rings (SSSR count). The Labute approximate surface area is 200 Å². The van der Waals surface area contributed by atoms with Gasteiger partial charge in [0, 0.05) is 13.1 Å². The predicted molar refractivity (Wildman–Crippen MR) is 122 cm³/mol. The number of amides is 2. The summed E-state index contributed by atoms with van der Waals surface area (Å²) < 4.78 is 10.3. The second-order valence-corrected chi connectivity index (χ2v) is 8.89. The summed E-state index contributed by atoms with van der Waals surface area (Å²) in [5, 5.41) is 31.0. The van der Waals surface area contributed by atoms with Crippen LogP contribution in [0.5, 0.6) is 5.75 Å².